The number of carbonyl (C=O) groups excluding carboxylic acids is 3. The van der Waals surface area contributed by atoms with E-state index in [2.05, 4.69) is 26.8 Å². The van der Waals surface area contributed by atoms with Crippen LogP contribution in [-0.2, 0) is 20.9 Å². The van der Waals surface area contributed by atoms with Gasteiger partial charge in [-0.1, -0.05) is 29.8 Å². The molecule has 3 rings (SSSR count). The highest BCUT2D eigenvalue weighted by molar-refractivity contribution is 9.10. The van der Waals surface area contributed by atoms with Crippen LogP contribution < -0.4 is 15.6 Å². The van der Waals surface area contributed by atoms with E-state index in [1.54, 1.807) is 23.1 Å². The van der Waals surface area contributed by atoms with Crippen LogP contribution in [0.15, 0.2) is 45.5 Å². The number of likely N-dealkylation sites (tertiary alicyclic amines) is 1. The van der Waals surface area contributed by atoms with Crippen molar-refractivity contribution in [3.63, 3.8) is 0 Å². The van der Waals surface area contributed by atoms with Crippen LogP contribution in [0.25, 0.3) is 0 Å². The molecule has 2 aromatic rings. The first-order chi connectivity index (χ1) is 14.3. The standard InChI is InChI=1S/C21H24BrN3O5/c1-13(2)17-9-15(22)5-6-18(17)30-12-19(26)23-24-21(28)14-8-20(27)25(10-14)11-16-4-3-7-29-16/h3-7,9,13-14H,8,10-12H2,1-2H3,(H,23,26)(H,24,28). The van der Waals surface area contributed by atoms with Crippen molar-refractivity contribution in [1.29, 1.82) is 0 Å². The number of carbonyl (C=O) groups is 3. The van der Waals surface area contributed by atoms with Crippen LogP contribution in [0.1, 0.15) is 37.5 Å². The molecule has 0 saturated carbocycles. The Morgan fingerprint density at radius 1 is 1.30 bits per heavy atom. The Labute approximate surface area is 183 Å². The van der Waals surface area contributed by atoms with Gasteiger partial charge in [-0.2, -0.15) is 0 Å². The second kappa shape index (κ2) is 9.80. The van der Waals surface area contributed by atoms with E-state index in [1.807, 2.05) is 26.0 Å². The van der Waals surface area contributed by atoms with Gasteiger partial charge in [-0.25, -0.2) is 0 Å². The maximum atomic E-state index is 12.3. The monoisotopic (exact) mass is 477 g/mol. The second-order valence-electron chi connectivity index (χ2n) is 7.42. The number of hydrogen-bond acceptors (Lipinski definition) is 5. The smallest absolute Gasteiger partial charge is 0.276 e. The molecule has 0 aliphatic carbocycles. The Bertz CT molecular complexity index is 913. The van der Waals surface area contributed by atoms with Crippen LogP contribution in [0.2, 0.25) is 0 Å². The summed E-state index contributed by atoms with van der Waals surface area (Å²) in [5.41, 5.74) is 5.70. The lowest BCUT2D eigenvalue weighted by atomic mass is 10.0. The van der Waals surface area contributed by atoms with Gasteiger partial charge in [0.1, 0.15) is 11.5 Å². The third-order valence-corrected chi connectivity index (χ3v) is 5.28. The molecule has 0 radical (unpaired) electrons. The number of hydrogen-bond donors (Lipinski definition) is 2. The predicted octanol–water partition coefficient (Wildman–Crippen LogP) is 2.74. The quantitative estimate of drug-likeness (QED) is 0.597. The molecule has 8 nitrogen and oxygen atoms in total. The molecule has 1 aliphatic heterocycles. The average Bonchev–Trinajstić information content (AvgIpc) is 3.35. The van der Waals surface area contributed by atoms with Gasteiger partial charge in [-0.05, 0) is 41.8 Å². The predicted molar refractivity (Wildman–Crippen MR) is 112 cm³/mol. The molecule has 0 spiro atoms. The zero-order valence-corrected chi connectivity index (χ0v) is 18.4. The number of nitrogens with zero attached hydrogens (tertiary/aromatic N) is 1. The minimum atomic E-state index is -0.535. The molecule has 9 heteroatoms. The van der Waals surface area contributed by atoms with Crippen molar-refractivity contribution in [3.05, 3.63) is 52.4 Å². The molecular formula is C21H24BrN3O5. The number of ether oxygens (including phenoxy) is 1. The van der Waals surface area contributed by atoms with Gasteiger partial charge in [0.25, 0.3) is 5.91 Å². The Morgan fingerprint density at radius 2 is 2.10 bits per heavy atom. The fraction of sp³-hybridized carbons (Fsp3) is 0.381. The molecule has 1 unspecified atom stereocenters. The van der Waals surface area contributed by atoms with E-state index in [0.717, 1.165) is 10.0 Å². The van der Waals surface area contributed by atoms with Gasteiger partial charge in [0.05, 0.1) is 18.7 Å². The van der Waals surface area contributed by atoms with Crippen LogP contribution in [0.4, 0.5) is 0 Å². The first kappa shape index (κ1) is 21.9. The zero-order valence-electron chi connectivity index (χ0n) is 16.8. The highest BCUT2D eigenvalue weighted by Crippen LogP contribution is 2.29. The molecule has 160 valence electrons. The third-order valence-electron chi connectivity index (χ3n) is 4.79. The molecule has 1 saturated heterocycles. The molecule has 1 aromatic carbocycles. The van der Waals surface area contributed by atoms with E-state index >= 15 is 0 Å². The number of benzene rings is 1. The van der Waals surface area contributed by atoms with Gasteiger partial charge in [-0.3, -0.25) is 25.2 Å². The largest absolute Gasteiger partial charge is 0.483 e. The molecular weight excluding hydrogens is 454 g/mol. The van der Waals surface area contributed by atoms with Gasteiger partial charge in [0.2, 0.25) is 11.8 Å². The van der Waals surface area contributed by atoms with Crippen LogP contribution in [0.3, 0.4) is 0 Å². The normalized spacial score (nSPS) is 16.1. The van der Waals surface area contributed by atoms with Gasteiger partial charge in [0.15, 0.2) is 6.61 Å². The van der Waals surface area contributed by atoms with Crippen molar-refractivity contribution in [1.82, 2.24) is 15.8 Å². The molecule has 2 heterocycles. The molecule has 0 bridgehead atoms. The summed E-state index contributed by atoms with van der Waals surface area (Å²) >= 11 is 3.43. The van der Waals surface area contributed by atoms with E-state index in [0.29, 0.717) is 18.1 Å². The van der Waals surface area contributed by atoms with E-state index in [9.17, 15) is 14.4 Å². The van der Waals surface area contributed by atoms with Crippen molar-refractivity contribution in [2.24, 2.45) is 5.92 Å². The second-order valence-corrected chi connectivity index (χ2v) is 8.33. The van der Waals surface area contributed by atoms with Gasteiger partial charge in [-0.15, -0.1) is 0 Å². The first-order valence-corrected chi connectivity index (χ1v) is 10.4. The first-order valence-electron chi connectivity index (χ1n) is 9.64. The Hall–Kier alpha value is -2.81. The molecule has 3 amide bonds. The van der Waals surface area contributed by atoms with Crippen molar-refractivity contribution >= 4 is 33.7 Å². The topological polar surface area (TPSA) is 101 Å². The number of halogens is 1. The van der Waals surface area contributed by atoms with Gasteiger partial charge < -0.3 is 14.1 Å². The van der Waals surface area contributed by atoms with Crippen molar-refractivity contribution < 1.29 is 23.5 Å². The summed E-state index contributed by atoms with van der Waals surface area (Å²) in [6.45, 7) is 4.42. The minimum Gasteiger partial charge on any atom is -0.483 e. The summed E-state index contributed by atoms with van der Waals surface area (Å²) in [5, 5.41) is 0. The lowest BCUT2D eigenvalue weighted by Gasteiger charge is -2.16. The molecule has 1 atom stereocenters. The van der Waals surface area contributed by atoms with E-state index in [4.69, 9.17) is 9.15 Å². The van der Waals surface area contributed by atoms with Crippen LogP contribution in [-0.4, -0.2) is 35.8 Å². The fourth-order valence-corrected chi connectivity index (χ4v) is 3.58. The summed E-state index contributed by atoms with van der Waals surface area (Å²) in [7, 11) is 0. The van der Waals surface area contributed by atoms with E-state index in [-0.39, 0.29) is 31.4 Å². The molecule has 2 N–H and O–H groups in total. The van der Waals surface area contributed by atoms with E-state index < -0.39 is 17.7 Å². The number of amides is 3. The maximum absolute atomic E-state index is 12.3. The van der Waals surface area contributed by atoms with E-state index in [1.165, 1.54) is 6.26 Å². The number of rotatable bonds is 7. The number of furan rings is 1. The Balaban J connectivity index is 1.45. The van der Waals surface area contributed by atoms with Crippen LogP contribution in [0, 0.1) is 5.92 Å². The summed E-state index contributed by atoms with van der Waals surface area (Å²) in [5.74, 6) is -0.0641. The van der Waals surface area contributed by atoms with Gasteiger partial charge >= 0.3 is 0 Å². The molecule has 1 aromatic heterocycles. The minimum absolute atomic E-state index is 0.0928. The lowest BCUT2D eigenvalue weighted by molar-refractivity contribution is -0.132. The summed E-state index contributed by atoms with van der Waals surface area (Å²) < 4.78 is 11.8. The SMILES string of the molecule is CC(C)c1cc(Br)ccc1OCC(=O)NNC(=O)C1CC(=O)N(Cc2ccco2)C1. The molecule has 1 aliphatic rings. The Morgan fingerprint density at radius 3 is 2.80 bits per heavy atom. The van der Waals surface area contributed by atoms with Crippen molar-refractivity contribution in [3.8, 4) is 5.75 Å². The number of hydrazine groups is 1. The zero-order chi connectivity index (χ0) is 21.7. The van der Waals surface area contributed by atoms with Crippen molar-refractivity contribution in [2.45, 2.75) is 32.7 Å². The summed E-state index contributed by atoms with van der Waals surface area (Å²) in [4.78, 5) is 38.1. The average molecular weight is 478 g/mol. The molecule has 30 heavy (non-hydrogen) atoms. The Kier molecular flexibility index (Phi) is 7.15. The van der Waals surface area contributed by atoms with Crippen LogP contribution >= 0.6 is 15.9 Å². The number of nitrogens with one attached hydrogen (secondary N) is 2. The summed E-state index contributed by atoms with van der Waals surface area (Å²) in [6, 6.07) is 9.11. The fourth-order valence-electron chi connectivity index (χ4n) is 3.21. The highest BCUT2D eigenvalue weighted by Gasteiger charge is 2.34. The third kappa shape index (κ3) is 5.63. The molecule has 1 fully saturated rings. The van der Waals surface area contributed by atoms with Crippen LogP contribution in [0.5, 0.6) is 5.75 Å². The summed E-state index contributed by atoms with van der Waals surface area (Å²) in [6.07, 6.45) is 1.63. The lowest BCUT2D eigenvalue weighted by Crippen LogP contribution is -2.46. The van der Waals surface area contributed by atoms with Gasteiger partial charge in [0, 0.05) is 17.4 Å². The van der Waals surface area contributed by atoms with Crippen molar-refractivity contribution in [2.75, 3.05) is 13.2 Å². The maximum Gasteiger partial charge on any atom is 0.276 e. The highest BCUT2D eigenvalue weighted by atomic mass is 79.9.